The van der Waals surface area contributed by atoms with Gasteiger partial charge in [0.25, 0.3) is 5.91 Å². The number of amides is 1. The van der Waals surface area contributed by atoms with Gasteiger partial charge in [0, 0.05) is 30.7 Å². The van der Waals surface area contributed by atoms with E-state index in [-0.39, 0.29) is 5.91 Å². The molecule has 3 rings (SSSR count). The monoisotopic (exact) mass is 357 g/mol. The minimum Gasteiger partial charge on any atom is -0.321 e. The fourth-order valence-corrected chi connectivity index (χ4v) is 2.62. The van der Waals surface area contributed by atoms with E-state index in [2.05, 4.69) is 36.3 Å². The summed E-state index contributed by atoms with van der Waals surface area (Å²) >= 11 is 3.48. The van der Waals surface area contributed by atoms with Gasteiger partial charge in [0.1, 0.15) is 17.7 Å². The second kappa shape index (κ2) is 6.07. The lowest BCUT2D eigenvalue weighted by atomic mass is 10.1. The quantitative estimate of drug-likeness (QED) is 0.782. The maximum absolute atomic E-state index is 12.1. The van der Waals surface area contributed by atoms with Gasteiger partial charge in [-0.25, -0.2) is 9.97 Å². The molecule has 0 saturated heterocycles. The van der Waals surface area contributed by atoms with Crippen molar-refractivity contribution < 1.29 is 4.79 Å². The van der Waals surface area contributed by atoms with Crippen molar-refractivity contribution in [3.8, 4) is 11.3 Å². The molecule has 110 valence electrons. The van der Waals surface area contributed by atoms with Crippen LogP contribution in [0.15, 0.2) is 53.5 Å². The Kier molecular flexibility index (Phi) is 3.97. The molecule has 7 heteroatoms. The molecule has 0 spiro atoms. The number of hydrogen-bond donors (Lipinski definition) is 1. The summed E-state index contributed by atoms with van der Waals surface area (Å²) < 4.78 is 2.63. The molecule has 0 aliphatic heterocycles. The summed E-state index contributed by atoms with van der Waals surface area (Å²) in [6.07, 6.45) is 4.75. The number of nitrogens with one attached hydrogen (secondary N) is 1. The molecule has 0 aliphatic rings. The molecule has 3 aromatic rings. The highest BCUT2D eigenvalue weighted by Crippen LogP contribution is 2.28. The van der Waals surface area contributed by atoms with Crippen molar-refractivity contribution in [2.24, 2.45) is 7.05 Å². The number of carbonyl (C=O) groups excluding carboxylic acids is 1. The molecule has 0 radical (unpaired) electrons. The van der Waals surface area contributed by atoms with Gasteiger partial charge in [0.15, 0.2) is 0 Å². The Morgan fingerprint density at radius 3 is 2.86 bits per heavy atom. The average molecular weight is 358 g/mol. The van der Waals surface area contributed by atoms with Gasteiger partial charge in [-0.05, 0) is 34.1 Å². The molecule has 0 bridgehead atoms. The maximum atomic E-state index is 12.1. The minimum atomic E-state index is -0.278. The molecule has 1 N–H and O–H groups in total. The first-order valence-electron chi connectivity index (χ1n) is 6.50. The van der Waals surface area contributed by atoms with Gasteiger partial charge in [0.2, 0.25) is 0 Å². The number of rotatable bonds is 3. The molecule has 0 aliphatic carbocycles. The van der Waals surface area contributed by atoms with Crippen molar-refractivity contribution in [3.63, 3.8) is 0 Å². The van der Waals surface area contributed by atoms with Crippen LogP contribution in [0.4, 0.5) is 5.69 Å². The van der Waals surface area contributed by atoms with Crippen LogP contribution >= 0.6 is 15.9 Å². The van der Waals surface area contributed by atoms with E-state index in [9.17, 15) is 4.79 Å². The van der Waals surface area contributed by atoms with Crippen LogP contribution in [0.2, 0.25) is 0 Å². The van der Waals surface area contributed by atoms with E-state index in [4.69, 9.17) is 0 Å². The van der Waals surface area contributed by atoms with Gasteiger partial charge in [-0.2, -0.15) is 5.10 Å². The number of aromatic nitrogens is 4. The number of carbonyl (C=O) groups is 1. The summed E-state index contributed by atoms with van der Waals surface area (Å²) in [6.45, 7) is 0. The summed E-state index contributed by atoms with van der Waals surface area (Å²) in [5.74, 6) is -0.278. The second-order valence-electron chi connectivity index (χ2n) is 4.63. The number of benzene rings is 1. The first-order valence-corrected chi connectivity index (χ1v) is 7.30. The van der Waals surface area contributed by atoms with Gasteiger partial charge in [-0.15, -0.1) is 0 Å². The Bertz CT molecular complexity index is 816. The van der Waals surface area contributed by atoms with Crippen LogP contribution in [0, 0.1) is 0 Å². The van der Waals surface area contributed by atoms with Crippen LogP contribution in [0.3, 0.4) is 0 Å². The molecule has 1 aromatic carbocycles. The van der Waals surface area contributed by atoms with Crippen molar-refractivity contribution in [3.05, 3.63) is 59.2 Å². The van der Waals surface area contributed by atoms with Crippen LogP contribution in [0.25, 0.3) is 11.3 Å². The largest absolute Gasteiger partial charge is 0.321 e. The van der Waals surface area contributed by atoms with E-state index in [1.807, 2.05) is 37.5 Å². The third kappa shape index (κ3) is 3.04. The van der Waals surface area contributed by atoms with E-state index in [0.29, 0.717) is 11.4 Å². The zero-order valence-electron chi connectivity index (χ0n) is 11.7. The van der Waals surface area contributed by atoms with Crippen molar-refractivity contribution >= 4 is 27.5 Å². The van der Waals surface area contributed by atoms with Crippen LogP contribution in [0.5, 0.6) is 0 Å². The summed E-state index contributed by atoms with van der Waals surface area (Å²) in [4.78, 5) is 19.8. The van der Waals surface area contributed by atoms with Crippen LogP contribution < -0.4 is 5.32 Å². The molecular weight excluding hydrogens is 346 g/mol. The molecule has 2 heterocycles. The predicted molar refractivity (Wildman–Crippen MR) is 86.3 cm³/mol. The Hall–Kier alpha value is -2.54. The Morgan fingerprint density at radius 2 is 2.18 bits per heavy atom. The normalized spacial score (nSPS) is 10.5. The summed E-state index contributed by atoms with van der Waals surface area (Å²) in [5.41, 5.74) is 2.73. The number of hydrogen-bond acceptors (Lipinski definition) is 4. The number of halogens is 1. The lowest BCUT2D eigenvalue weighted by Crippen LogP contribution is -2.13. The first kappa shape index (κ1) is 14.4. The highest BCUT2D eigenvalue weighted by Gasteiger charge is 2.10. The highest BCUT2D eigenvalue weighted by molar-refractivity contribution is 9.10. The van der Waals surface area contributed by atoms with E-state index in [1.165, 1.54) is 12.5 Å². The van der Waals surface area contributed by atoms with Gasteiger partial charge < -0.3 is 5.32 Å². The molecule has 0 unspecified atom stereocenters. The standard InChI is InChI=1S/C15H12BrN5O/c1-21-8-12(16)14(20-21)10-3-2-4-11(7-10)19-15(22)13-5-6-17-9-18-13/h2-9H,1H3,(H,19,22). The van der Waals surface area contributed by atoms with Crippen LogP contribution in [-0.2, 0) is 7.05 Å². The van der Waals surface area contributed by atoms with E-state index in [0.717, 1.165) is 15.7 Å². The molecule has 6 nitrogen and oxygen atoms in total. The lowest BCUT2D eigenvalue weighted by molar-refractivity contribution is 0.102. The number of aryl methyl sites for hydroxylation is 1. The van der Waals surface area contributed by atoms with Gasteiger partial charge in [-0.1, -0.05) is 12.1 Å². The van der Waals surface area contributed by atoms with Crippen molar-refractivity contribution in [2.75, 3.05) is 5.32 Å². The minimum absolute atomic E-state index is 0.278. The molecule has 0 saturated carbocycles. The highest BCUT2D eigenvalue weighted by atomic mass is 79.9. The second-order valence-corrected chi connectivity index (χ2v) is 5.48. The SMILES string of the molecule is Cn1cc(Br)c(-c2cccc(NC(=O)c3ccncn3)c2)n1. The zero-order chi connectivity index (χ0) is 15.5. The first-order chi connectivity index (χ1) is 10.6. The van der Waals surface area contributed by atoms with Crippen LogP contribution in [0.1, 0.15) is 10.5 Å². The smallest absolute Gasteiger partial charge is 0.274 e. The number of anilines is 1. The Balaban J connectivity index is 1.86. The summed E-state index contributed by atoms with van der Waals surface area (Å²) in [6, 6.07) is 9.06. The molecule has 0 atom stereocenters. The fourth-order valence-electron chi connectivity index (χ4n) is 2.02. The molecule has 22 heavy (non-hydrogen) atoms. The number of nitrogens with zero attached hydrogens (tertiary/aromatic N) is 4. The topological polar surface area (TPSA) is 72.7 Å². The Labute approximate surface area is 135 Å². The molecule has 0 fully saturated rings. The van der Waals surface area contributed by atoms with E-state index in [1.54, 1.807) is 10.7 Å². The van der Waals surface area contributed by atoms with Crippen molar-refractivity contribution in [2.45, 2.75) is 0 Å². The molecular formula is C15H12BrN5O. The summed E-state index contributed by atoms with van der Waals surface area (Å²) in [5, 5.41) is 7.21. The van der Waals surface area contributed by atoms with Crippen molar-refractivity contribution in [1.29, 1.82) is 0 Å². The average Bonchev–Trinajstić information content (AvgIpc) is 2.87. The lowest BCUT2D eigenvalue weighted by Gasteiger charge is -2.06. The maximum Gasteiger partial charge on any atom is 0.274 e. The summed E-state index contributed by atoms with van der Waals surface area (Å²) in [7, 11) is 1.86. The third-order valence-corrected chi connectivity index (χ3v) is 3.57. The van der Waals surface area contributed by atoms with Crippen LogP contribution in [-0.4, -0.2) is 25.7 Å². The van der Waals surface area contributed by atoms with Gasteiger partial charge in [-0.3, -0.25) is 9.48 Å². The predicted octanol–water partition coefficient (Wildman–Crippen LogP) is 2.89. The molecule has 2 aromatic heterocycles. The van der Waals surface area contributed by atoms with E-state index < -0.39 is 0 Å². The van der Waals surface area contributed by atoms with Gasteiger partial charge >= 0.3 is 0 Å². The van der Waals surface area contributed by atoms with E-state index >= 15 is 0 Å². The zero-order valence-corrected chi connectivity index (χ0v) is 13.3. The molecule has 1 amide bonds. The third-order valence-electron chi connectivity index (χ3n) is 2.99. The van der Waals surface area contributed by atoms with Gasteiger partial charge in [0.05, 0.1) is 4.47 Å². The van der Waals surface area contributed by atoms with Crippen molar-refractivity contribution in [1.82, 2.24) is 19.7 Å². The fraction of sp³-hybridized carbons (Fsp3) is 0.0667. The Morgan fingerprint density at radius 1 is 1.32 bits per heavy atom.